The Hall–Kier alpha value is -0.0813. The standard InChI is InChI=1S/4C3H7NO2S.Sn/c4*4-2(1-7)3(5)6;/h4*2,7H,1,4H2,(H,5,6);/q;;;;+4/p-4/t4*2-;/m1000./s1. The monoisotopic (exact) mass is 600 g/mol. The van der Waals surface area contributed by atoms with Gasteiger partial charge in [0.25, 0.3) is 0 Å². The van der Waals surface area contributed by atoms with Crippen LogP contribution in [-0.2, 0) is 31.5 Å². The summed E-state index contributed by atoms with van der Waals surface area (Å²) < 4.78 is 20.1. The van der Waals surface area contributed by atoms with E-state index in [2.05, 4.69) is 50.5 Å². The average molecular weight is 599 g/mol. The first-order chi connectivity index (χ1) is 13.5. The van der Waals surface area contributed by atoms with Crippen molar-refractivity contribution in [2.24, 2.45) is 22.9 Å². The zero-order valence-electron chi connectivity index (χ0n) is 15.0. The first kappa shape index (κ1) is 28.9. The van der Waals surface area contributed by atoms with Gasteiger partial charge in [-0.05, 0) is 0 Å². The van der Waals surface area contributed by atoms with Gasteiger partial charge < -0.3 is 0 Å². The van der Waals surface area contributed by atoms with Gasteiger partial charge in [0.15, 0.2) is 0 Å². The van der Waals surface area contributed by atoms with E-state index in [1.54, 1.807) is 0 Å². The molecule has 29 heavy (non-hydrogen) atoms. The molecule has 0 fully saturated rings. The predicted octanol–water partition coefficient (Wildman–Crippen LogP) is -3.38. The third kappa shape index (κ3) is 9.72. The van der Waals surface area contributed by atoms with Crippen molar-refractivity contribution in [2.45, 2.75) is 24.2 Å². The Morgan fingerprint density at radius 2 is 0.724 bits per heavy atom. The van der Waals surface area contributed by atoms with E-state index in [1.165, 1.54) is 0 Å². The molecule has 0 unspecified atom stereocenters. The van der Waals surface area contributed by atoms with Crippen molar-refractivity contribution >= 4 is 94.4 Å². The van der Waals surface area contributed by atoms with Crippen LogP contribution in [0.5, 0.6) is 0 Å². The average Bonchev–Trinajstić information content (AvgIpc) is 2.70. The van der Waals surface area contributed by atoms with Gasteiger partial charge in [0.2, 0.25) is 0 Å². The van der Waals surface area contributed by atoms with Gasteiger partial charge in [0, 0.05) is 0 Å². The van der Waals surface area contributed by atoms with E-state index in [-0.39, 0.29) is 23.0 Å². The van der Waals surface area contributed by atoms with Gasteiger partial charge >= 0.3 is 196 Å². The van der Waals surface area contributed by atoms with Crippen LogP contribution in [0.25, 0.3) is 0 Å². The second-order valence-corrected chi connectivity index (χ2v) is 12.0. The van der Waals surface area contributed by atoms with Crippen molar-refractivity contribution < 1.29 is 31.5 Å². The van der Waals surface area contributed by atoms with Crippen molar-refractivity contribution in [3.8, 4) is 0 Å². The fourth-order valence-corrected chi connectivity index (χ4v) is 7.07. The van der Waals surface area contributed by atoms with Crippen molar-refractivity contribution in [3.63, 3.8) is 0 Å². The van der Waals surface area contributed by atoms with Crippen molar-refractivity contribution in [1.82, 2.24) is 0 Å². The summed E-state index contributed by atoms with van der Waals surface area (Å²) in [5, 5.41) is 0. The van der Waals surface area contributed by atoms with Crippen LogP contribution in [0.1, 0.15) is 0 Å². The van der Waals surface area contributed by atoms with Gasteiger partial charge in [-0.2, -0.15) is 0 Å². The number of carbonyl (C=O) groups excluding carboxylic acids is 4. The fourth-order valence-electron chi connectivity index (χ4n) is 1.22. The minimum atomic E-state index is -6.18. The topological polar surface area (TPSA) is 209 Å². The predicted molar refractivity (Wildman–Crippen MR) is 117 cm³/mol. The SMILES string of the molecule is N[C@H](CS)C(=O)[O][Sn]([O]C(=O)[C@@H](N)CS)([O]C(=O)[C@@H](N)CS)[O]C(=O)[C@@H](N)CS. The molecule has 4 atom stereocenters. The van der Waals surface area contributed by atoms with E-state index in [1.807, 2.05) is 0 Å². The summed E-state index contributed by atoms with van der Waals surface area (Å²) in [4.78, 5) is 48.8. The number of thiol groups is 4. The van der Waals surface area contributed by atoms with Gasteiger partial charge in [0.05, 0.1) is 0 Å². The molecular weight excluding hydrogens is 575 g/mol. The van der Waals surface area contributed by atoms with Crippen LogP contribution < -0.4 is 22.9 Å². The Morgan fingerprint density at radius 3 is 0.862 bits per heavy atom. The van der Waals surface area contributed by atoms with Crippen LogP contribution in [0.15, 0.2) is 0 Å². The second kappa shape index (κ2) is 14.1. The molecule has 0 bridgehead atoms. The molecule has 0 aromatic heterocycles. The molecule has 0 aromatic rings. The van der Waals surface area contributed by atoms with Crippen molar-refractivity contribution in [2.75, 3.05) is 23.0 Å². The molecule has 0 aromatic carbocycles. The van der Waals surface area contributed by atoms with E-state index in [0.29, 0.717) is 0 Å². The van der Waals surface area contributed by atoms with Crippen molar-refractivity contribution in [3.05, 3.63) is 0 Å². The molecule has 8 N–H and O–H groups in total. The second-order valence-electron chi connectivity index (χ2n) is 5.34. The Morgan fingerprint density at radius 1 is 0.552 bits per heavy atom. The third-order valence-corrected chi connectivity index (χ3v) is 9.62. The molecule has 0 aliphatic heterocycles. The van der Waals surface area contributed by atoms with Crippen LogP contribution in [0.4, 0.5) is 0 Å². The number of hydrogen-bond donors (Lipinski definition) is 8. The normalized spacial score (nSPS) is 15.4. The van der Waals surface area contributed by atoms with Crippen LogP contribution in [0.3, 0.4) is 0 Å². The molecule has 0 saturated carbocycles. The molecular formula is C12H24N4O8S4Sn. The van der Waals surface area contributed by atoms with Gasteiger partial charge in [-0.3, -0.25) is 0 Å². The summed E-state index contributed by atoms with van der Waals surface area (Å²) in [5.74, 6) is -5.55. The molecule has 0 amide bonds. The summed E-state index contributed by atoms with van der Waals surface area (Å²) in [5.41, 5.74) is 22.1. The maximum atomic E-state index is 12.2. The van der Waals surface area contributed by atoms with E-state index in [4.69, 9.17) is 35.2 Å². The fraction of sp³-hybridized carbons (Fsp3) is 0.667. The Bertz CT molecular complexity index is 503. The Kier molecular flexibility index (Phi) is 14.0. The molecule has 0 aliphatic rings. The van der Waals surface area contributed by atoms with Crippen LogP contribution in [0, 0.1) is 0 Å². The summed E-state index contributed by atoms with van der Waals surface area (Å²) in [6, 6.07) is -5.27. The number of carbonyl (C=O) groups is 4. The van der Waals surface area contributed by atoms with Crippen molar-refractivity contribution in [1.29, 1.82) is 0 Å². The number of nitrogens with two attached hydrogens (primary N) is 4. The zero-order chi connectivity index (χ0) is 22.8. The molecule has 17 heteroatoms. The molecule has 0 aliphatic carbocycles. The zero-order valence-corrected chi connectivity index (χ0v) is 21.4. The van der Waals surface area contributed by atoms with Gasteiger partial charge in [-0.15, -0.1) is 0 Å². The maximum absolute atomic E-state index is 12.2. The molecule has 0 rings (SSSR count). The number of rotatable bonds is 12. The van der Waals surface area contributed by atoms with Crippen LogP contribution in [-0.4, -0.2) is 91.1 Å². The molecule has 0 spiro atoms. The molecule has 168 valence electrons. The number of hydrogen-bond acceptors (Lipinski definition) is 16. The van der Waals surface area contributed by atoms with Gasteiger partial charge in [-0.25, -0.2) is 0 Å². The molecule has 0 heterocycles. The van der Waals surface area contributed by atoms with Crippen LogP contribution in [0.2, 0.25) is 0 Å². The summed E-state index contributed by atoms with van der Waals surface area (Å²) in [7, 11) is 0. The van der Waals surface area contributed by atoms with E-state index < -0.39 is 68.1 Å². The molecule has 12 nitrogen and oxygen atoms in total. The molecule has 0 radical (unpaired) electrons. The summed E-state index contributed by atoms with van der Waals surface area (Å²) in [6.07, 6.45) is 0. The molecule has 0 saturated heterocycles. The van der Waals surface area contributed by atoms with E-state index in [0.717, 1.165) is 0 Å². The van der Waals surface area contributed by atoms with E-state index in [9.17, 15) is 19.2 Å². The Labute approximate surface area is 195 Å². The summed E-state index contributed by atoms with van der Waals surface area (Å²) in [6.45, 7) is 0. The first-order valence-electron chi connectivity index (χ1n) is 7.84. The van der Waals surface area contributed by atoms with Gasteiger partial charge in [0.1, 0.15) is 0 Å². The van der Waals surface area contributed by atoms with E-state index >= 15 is 0 Å². The quantitative estimate of drug-likeness (QED) is 0.0817. The first-order valence-corrected chi connectivity index (χ1v) is 15.0. The van der Waals surface area contributed by atoms with Crippen LogP contribution >= 0.6 is 50.5 Å². The summed E-state index contributed by atoms with van der Waals surface area (Å²) >= 11 is 9.19. The minimum absolute atomic E-state index is 0.181. The Balaban J connectivity index is 6.11. The third-order valence-electron chi connectivity index (χ3n) is 2.90. The van der Waals surface area contributed by atoms with Gasteiger partial charge in [-0.1, -0.05) is 0 Å².